The number of hydrogen-bond acceptors (Lipinski definition) is 5. The Bertz CT molecular complexity index is 448. The first-order chi connectivity index (χ1) is 9.00. The molecule has 0 radical (unpaired) electrons. The highest BCUT2D eigenvalue weighted by Gasteiger charge is 2.14. The number of hydrogen-bond donors (Lipinski definition) is 2. The molecule has 1 aromatic carbocycles. The van der Waals surface area contributed by atoms with Crippen molar-refractivity contribution in [3.05, 3.63) is 34.4 Å². The number of para-hydroxylation sites is 2. The van der Waals surface area contributed by atoms with E-state index in [1.54, 1.807) is 13.0 Å². The molecular formula is C12H16N2O5. The molecule has 1 unspecified atom stereocenters. The van der Waals surface area contributed by atoms with Crippen molar-refractivity contribution in [1.82, 2.24) is 5.32 Å². The second kappa shape index (κ2) is 7.32. The van der Waals surface area contributed by atoms with Crippen LogP contribution in [0.15, 0.2) is 24.3 Å². The SMILES string of the molecule is CC(O)CCNC(=O)COc1ccccc1[N+](=O)[O-]. The van der Waals surface area contributed by atoms with Crippen LogP contribution in [0.4, 0.5) is 5.69 Å². The zero-order chi connectivity index (χ0) is 14.3. The molecule has 0 aliphatic heterocycles. The van der Waals surface area contributed by atoms with Crippen molar-refractivity contribution in [2.24, 2.45) is 0 Å². The number of carbonyl (C=O) groups excluding carboxylic acids is 1. The summed E-state index contributed by atoms with van der Waals surface area (Å²) < 4.78 is 5.10. The van der Waals surface area contributed by atoms with E-state index in [1.165, 1.54) is 18.2 Å². The highest BCUT2D eigenvalue weighted by molar-refractivity contribution is 5.77. The molecular weight excluding hydrogens is 252 g/mol. The van der Waals surface area contributed by atoms with Gasteiger partial charge in [0, 0.05) is 12.6 Å². The van der Waals surface area contributed by atoms with E-state index < -0.39 is 11.0 Å². The Labute approximate surface area is 110 Å². The first-order valence-electron chi connectivity index (χ1n) is 5.81. The maximum absolute atomic E-state index is 11.4. The number of rotatable bonds is 7. The van der Waals surface area contributed by atoms with Crippen molar-refractivity contribution in [3.8, 4) is 5.75 Å². The van der Waals surface area contributed by atoms with Crippen molar-refractivity contribution in [3.63, 3.8) is 0 Å². The summed E-state index contributed by atoms with van der Waals surface area (Å²) in [4.78, 5) is 21.5. The number of nitro benzene ring substituents is 1. The molecule has 1 rings (SSSR count). The molecule has 1 aromatic rings. The van der Waals surface area contributed by atoms with E-state index in [4.69, 9.17) is 9.84 Å². The van der Waals surface area contributed by atoms with Crippen LogP contribution in [0.5, 0.6) is 5.75 Å². The van der Waals surface area contributed by atoms with E-state index in [0.717, 1.165) is 0 Å². The Morgan fingerprint density at radius 1 is 1.53 bits per heavy atom. The summed E-state index contributed by atoms with van der Waals surface area (Å²) in [5, 5.41) is 22.3. The van der Waals surface area contributed by atoms with E-state index >= 15 is 0 Å². The summed E-state index contributed by atoms with van der Waals surface area (Å²) in [6.45, 7) is 1.65. The molecule has 7 heteroatoms. The average Bonchev–Trinajstić information content (AvgIpc) is 2.36. The van der Waals surface area contributed by atoms with Gasteiger partial charge in [-0.05, 0) is 19.4 Å². The largest absolute Gasteiger partial charge is 0.477 e. The Morgan fingerprint density at radius 3 is 2.84 bits per heavy atom. The lowest BCUT2D eigenvalue weighted by atomic mass is 10.3. The van der Waals surface area contributed by atoms with Crippen LogP contribution in [-0.2, 0) is 4.79 Å². The average molecular weight is 268 g/mol. The minimum absolute atomic E-state index is 0.0539. The highest BCUT2D eigenvalue weighted by Crippen LogP contribution is 2.25. The van der Waals surface area contributed by atoms with Gasteiger partial charge in [0.2, 0.25) is 0 Å². The maximum atomic E-state index is 11.4. The molecule has 2 N–H and O–H groups in total. The molecule has 0 saturated carbocycles. The summed E-state index contributed by atoms with van der Waals surface area (Å²) >= 11 is 0. The summed E-state index contributed by atoms with van der Waals surface area (Å²) in [6.07, 6.45) is -0.0477. The summed E-state index contributed by atoms with van der Waals surface area (Å²) in [5.41, 5.74) is -0.181. The molecule has 0 fully saturated rings. The molecule has 0 aromatic heterocycles. The monoisotopic (exact) mass is 268 g/mol. The third kappa shape index (κ3) is 5.35. The van der Waals surface area contributed by atoms with Gasteiger partial charge in [-0.25, -0.2) is 0 Å². The summed E-state index contributed by atoms with van der Waals surface area (Å²) in [7, 11) is 0. The number of aliphatic hydroxyl groups excluding tert-OH is 1. The predicted octanol–water partition coefficient (Wildman–Crippen LogP) is 0.861. The fourth-order valence-electron chi connectivity index (χ4n) is 1.34. The number of nitrogens with one attached hydrogen (secondary N) is 1. The molecule has 0 bridgehead atoms. The first kappa shape index (κ1) is 14.9. The second-order valence-electron chi connectivity index (χ2n) is 4.00. The van der Waals surface area contributed by atoms with Crippen LogP contribution in [0, 0.1) is 10.1 Å². The third-order valence-corrected chi connectivity index (χ3v) is 2.30. The minimum Gasteiger partial charge on any atom is -0.477 e. The smallest absolute Gasteiger partial charge is 0.310 e. The number of amides is 1. The van der Waals surface area contributed by atoms with Crippen LogP contribution in [0.3, 0.4) is 0 Å². The van der Waals surface area contributed by atoms with Crippen molar-refractivity contribution >= 4 is 11.6 Å². The van der Waals surface area contributed by atoms with Gasteiger partial charge in [-0.3, -0.25) is 14.9 Å². The molecule has 1 amide bonds. The third-order valence-electron chi connectivity index (χ3n) is 2.30. The molecule has 19 heavy (non-hydrogen) atoms. The van der Waals surface area contributed by atoms with E-state index in [1.807, 2.05) is 0 Å². The topological polar surface area (TPSA) is 102 Å². The lowest BCUT2D eigenvalue weighted by molar-refractivity contribution is -0.385. The number of carbonyl (C=O) groups is 1. The predicted molar refractivity (Wildman–Crippen MR) is 67.9 cm³/mol. The van der Waals surface area contributed by atoms with Gasteiger partial charge in [0.1, 0.15) is 0 Å². The van der Waals surface area contributed by atoms with Crippen LogP contribution in [-0.4, -0.2) is 35.2 Å². The zero-order valence-electron chi connectivity index (χ0n) is 10.5. The molecule has 0 heterocycles. The van der Waals surface area contributed by atoms with E-state index in [0.29, 0.717) is 13.0 Å². The number of ether oxygens (including phenoxy) is 1. The number of benzene rings is 1. The Kier molecular flexibility index (Phi) is 5.74. The molecule has 0 spiro atoms. The molecule has 0 saturated heterocycles. The standard InChI is InChI=1S/C12H16N2O5/c1-9(15)6-7-13-12(16)8-19-11-5-3-2-4-10(11)14(17)18/h2-5,9,15H,6-8H2,1H3,(H,13,16). The number of aliphatic hydroxyl groups is 1. The van der Waals surface area contributed by atoms with Gasteiger partial charge in [-0.1, -0.05) is 12.1 Å². The normalized spacial score (nSPS) is 11.7. The van der Waals surface area contributed by atoms with Crippen molar-refractivity contribution in [2.45, 2.75) is 19.4 Å². The van der Waals surface area contributed by atoms with Gasteiger partial charge in [0.05, 0.1) is 11.0 Å². The van der Waals surface area contributed by atoms with Gasteiger partial charge in [0.15, 0.2) is 12.4 Å². The van der Waals surface area contributed by atoms with E-state index in [9.17, 15) is 14.9 Å². The molecule has 0 aliphatic carbocycles. The fourth-order valence-corrected chi connectivity index (χ4v) is 1.34. The van der Waals surface area contributed by atoms with Crippen LogP contribution < -0.4 is 10.1 Å². The Balaban J connectivity index is 2.44. The lowest BCUT2D eigenvalue weighted by Gasteiger charge is -2.08. The van der Waals surface area contributed by atoms with Crippen LogP contribution in [0.25, 0.3) is 0 Å². The first-order valence-corrected chi connectivity index (χ1v) is 5.81. The summed E-state index contributed by atoms with van der Waals surface area (Å²) in [6, 6.07) is 5.85. The Hall–Kier alpha value is -2.15. The highest BCUT2D eigenvalue weighted by atomic mass is 16.6. The maximum Gasteiger partial charge on any atom is 0.310 e. The molecule has 7 nitrogen and oxygen atoms in total. The van der Waals surface area contributed by atoms with E-state index in [2.05, 4.69) is 5.32 Å². The van der Waals surface area contributed by atoms with Crippen LogP contribution in [0.2, 0.25) is 0 Å². The van der Waals surface area contributed by atoms with Crippen molar-refractivity contribution in [1.29, 1.82) is 0 Å². The quantitative estimate of drug-likeness (QED) is 0.564. The number of nitro groups is 1. The summed E-state index contributed by atoms with van der Waals surface area (Å²) in [5.74, 6) is -0.336. The fraction of sp³-hybridized carbons (Fsp3) is 0.417. The second-order valence-corrected chi connectivity index (χ2v) is 4.00. The molecule has 104 valence electrons. The zero-order valence-corrected chi connectivity index (χ0v) is 10.5. The van der Waals surface area contributed by atoms with Gasteiger partial charge >= 0.3 is 5.69 Å². The van der Waals surface area contributed by atoms with Gasteiger partial charge in [0.25, 0.3) is 5.91 Å². The van der Waals surface area contributed by atoms with Crippen LogP contribution >= 0.6 is 0 Å². The van der Waals surface area contributed by atoms with Gasteiger partial charge in [-0.15, -0.1) is 0 Å². The van der Waals surface area contributed by atoms with Crippen LogP contribution in [0.1, 0.15) is 13.3 Å². The lowest BCUT2D eigenvalue weighted by Crippen LogP contribution is -2.31. The molecule has 0 aliphatic rings. The van der Waals surface area contributed by atoms with Crippen molar-refractivity contribution < 1.29 is 19.6 Å². The van der Waals surface area contributed by atoms with E-state index in [-0.39, 0.29) is 24.0 Å². The van der Waals surface area contributed by atoms with Gasteiger partial charge < -0.3 is 15.2 Å². The molecule has 1 atom stereocenters. The number of nitrogens with zero attached hydrogens (tertiary/aromatic N) is 1. The van der Waals surface area contributed by atoms with Crippen molar-refractivity contribution in [2.75, 3.05) is 13.2 Å². The van der Waals surface area contributed by atoms with Gasteiger partial charge in [-0.2, -0.15) is 0 Å². The Morgan fingerprint density at radius 2 is 2.21 bits per heavy atom. The minimum atomic E-state index is -0.569.